The summed E-state index contributed by atoms with van der Waals surface area (Å²) in [7, 11) is 0. The first kappa shape index (κ1) is 34.7. The maximum Gasteiger partial charge on any atom is 0.430 e. The molecule has 3 aromatic carbocycles. The Kier molecular flexibility index (Phi) is 9.71. The minimum atomic E-state index is -6.40. The van der Waals surface area contributed by atoms with E-state index in [1.165, 1.54) is 36.4 Å². The van der Waals surface area contributed by atoms with Crippen molar-refractivity contribution >= 4 is 12.2 Å². The number of hydrogen-bond acceptors (Lipinski definition) is 2. The maximum atomic E-state index is 14.4. The van der Waals surface area contributed by atoms with E-state index in [-0.39, 0.29) is 29.3 Å². The van der Waals surface area contributed by atoms with Crippen molar-refractivity contribution in [2.45, 2.75) is 49.1 Å². The van der Waals surface area contributed by atoms with Gasteiger partial charge < -0.3 is 9.47 Å². The molecule has 0 atom stereocenters. The third-order valence-corrected chi connectivity index (χ3v) is 6.61. The molecule has 0 amide bonds. The highest BCUT2D eigenvalue weighted by molar-refractivity contribution is 5.48. The first-order chi connectivity index (χ1) is 20.2. The van der Waals surface area contributed by atoms with Crippen molar-refractivity contribution < 1.29 is 62.2 Å². The second kappa shape index (κ2) is 12.3. The molecule has 0 N–H and O–H groups in total. The summed E-state index contributed by atoms with van der Waals surface area (Å²) in [4.78, 5) is 0. The second-order valence-corrected chi connectivity index (χ2v) is 9.40. The summed E-state index contributed by atoms with van der Waals surface area (Å²) in [5, 5.41) is 0. The van der Waals surface area contributed by atoms with E-state index in [9.17, 15) is 52.7 Å². The topological polar surface area (TPSA) is 18.5 Å². The van der Waals surface area contributed by atoms with Gasteiger partial charge >= 0.3 is 24.7 Å². The molecule has 3 aromatic rings. The molecule has 238 valence electrons. The second-order valence-electron chi connectivity index (χ2n) is 9.40. The summed E-state index contributed by atoms with van der Waals surface area (Å²) in [6.07, 6.45) is -23.0. The molecule has 0 fully saturated rings. The summed E-state index contributed by atoms with van der Waals surface area (Å²) in [6, 6.07) is 9.47. The summed E-state index contributed by atoms with van der Waals surface area (Å²) in [5.41, 5.74) is -14.3. The lowest BCUT2D eigenvalue weighted by Gasteiger charge is -2.40. The third kappa shape index (κ3) is 6.50. The predicted octanol–water partition coefficient (Wildman–Crippen LogP) is 10.0. The first-order valence-corrected chi connectivity index (χ1v) is 12.3. The van der Waals surface area contributed by atoms with Crippen LogP contribution in [0.2, 0.25) is 0 Å². The minimum Gasteiger partial charge on any atom is -0.349 e. The van der Waals surface area contributed by atoms with Crippen LogP contribution in [-0.2, 0) is 33.9 Å². The SMILES string of the molecule is C=Cc1ccc(COC(c2cccc(C(OCc3ccc(C=C)cc3)(C(F)(F)F)C(F)(F)F)c2)(C(F)(F)F)C(F)(F)F)cc1. The zero-order valence-corrected chi connectivity index (χ0v) is 22.3. The first-order valence-electron chi connectivity index (χ1n) is 12.3. The Morgan fingerprint density at radius 1 is 0.477 bits per heavy atom. The lowest BCUT2D eigenvalue weighted by atomic mass is 9.85. The van der Waals surface area contributed by atoms with E-state index in [2.05, 4.69) is 22.6 Å². The molecule has 0 heterocycles. The molecule has 0 aliphatic carbocycles. The van der Waals surface area contributed by atoms with Gasteiger partial charge in [-0.2, -0.15) is 52.7 Å². The van der Waals surface area contributed by atoms with Gasteiger partial charge in [-0.25, -0.2) is 0 Å². The van der Waals surface area contributed by atoms with E-state index in [1.807, 2.05) is 0 Å². The molecule has 0 radical (unpaired) electrons. The van der Waals surface area contributed by atoms with Crippen LogP contribution in [-0.4, -0.2) is 24.7 Å². The molecule has 0 aliphatic rings. The Bertz CT molecular complexity index is 1300. The van der Waals surface area contributed by atoms with Gasteiger partial charge in [0.1, 0.15) is 0 Å². The Morgan fingerprint density at radius 3 is 1.02 bits per heavy atom. The molecule has 44 heavy (non-hydrogen) atoms. The van der Waals surface area contributed by atoms with E-state index in [1.54, 1.807) is 0 Å². The largest absolute Gasteiger partial charge is 0.430 e. The highest BCUT2D eigenvalue weighted by Crippen LogP contribution is 2.57. The summed E-state index contributed by atoms with van der Waals surface area (Å²) >= 11 is 0. The van der Waals surface area contributed by atoms with Crippen molar-refractivity contribution in [3.63, 3.8) is 0 Å². The van der Waals surface area contributed by atoms with Crippen molar-refractivity contribution in [2.75, 3.05) is 0 Å². The summed E-state index contributed by atoms with van der Waals surface area (Å²) in [6.45, 7) is 4.15. The Balaban J connectivity index is 2.22. The Labute approximate surface area is 243 Å². The quantitative estimate of drug-likeness (QED) is 0.205. The van der Waals surface area contributed by atoms with Crippen LogP contribution >= 0.6 is 0 Å². The van der Waals surface area contributed by atoms with Crippen molar-refractivity contribution in [3.05, 3.63) is 119 Å². The number of hydrogen-bond donors (Lipinski definition) is 0. The average molecular weight is 642 g/mol. The van der Waals surface area contributed by atoms with E-state index in [0.717, 1.165) is 24.3 Å². The van der Waals surface area contributed by atoms with Crippen molar-refractivity contribution in [3.8, 4) is 0 Å². The fourth-order valence-electron chi connectivity index (χ4n) is 4.31. The highest BCUT2D eigenvalue weighted by Gasteiger charge is 2.76. The normalized spacial score (nSPS) is 13.5. The van der Waals surface area contributed by atoms with Crippen LogP contribution in [0.15, 0.2) is 86.0 Å². The summed E-state index contributed by atoms with van der Waals surface area (Å²) < 4.78 is 181. The van der Waals surface area contributed by atoms with Gasteiger partial charge in [-0.3, -0.25) is 0 Å². The summed E-state index contributed by atoms with van der Waals surface area (Å²) in [5.74, 6) is 0. The van der Waals surface area contributed by atoms with Gasteiger partial charge in [0.2, 0.25) is 0 Å². The van der Waals surface area contributed by atoms with Crippen molar-refractivity contribution in [1.82, 2.24) is 0 Å². The predicted molar refractivity (Wildman–Crippen MR) is 137 cm³/mol. The average Bonchev–Trinajstić information content (AvgIpc) is 2.91. The number of alkyl halides is 12. The maximum absolute atomic E-state index is 14.4. The molecule has 2 nitrogen and oxygen atoms in total. The molecule has 14 heteroatoms. The van der Waals surface area contributed by atoms with Crippen LogP contribution in [0.5, 0.6) is 0 Å². The zero-order valence-electron chi connectivity index (χ0n) is 22.3. The van der Waals surface area contributed by atoms with Gasteiger partial charge in [0.05, 0.1) is 13.2 Å². The molecule has 0 aromatic heterocycles. The monoisotopic (exact) mass is 642 g/mol. The van der Waals surface area contributed by atoms with E-state index in [4.69, 9.17) is 0 Å². The van der Waals surface area contributed by atoms with E-state index in [0.29, 0.717) is 11.1 Å². The van der Waals surface area contributed by atoms with Gasteiger partial charge in [0, 0.05) is 11.1 Å². The van der Waals surface area contributed by atoms with Crippen molar-refractivity contribution in [1.29, 1.82) is 0 Å². The van der Waals surface area contributed by atoms with Gasteiger partial charge in [0.15, 0.2) is 0 Å². The van der Waals surface area contributed by atoms with Crippen LogP contribution in [0.25, 0.3) is 12.2 Å². The molecule has 0 unspecified atom stereocenters. The number of halogens is 12. The van der Waals surface area contributed by atoms with E-state index < -0.39 is 66.3 Å². The molecule has 0 spiro atoms. The number of rotatable bonds is 10. The van der Waals surface area contributed by atoms with Gasteiger partial charge in [-0.15, -0.1) is 0 Å². The van der Waals surface area contributed by atoms with Crippen molar-refractivity contribution in [2.24, 2.45) is 0 Å². The lowest BCUT2D eigenvalue weighted by molar-refractivity contribution is -0.394. The minimum absolute atomic E-state index is 0.0802. The lowest BCUT2D eigenvalue weighted by Crippen LogP contribution is -2.57. The Hall–Kier alpha value is -3.78. The third-order valence-electron chi connectivity index (χ3n) is 6.61. The van der Waals surface area contributed by atoms with Crippen LogP contribution in [0, 0.1) is 0 Å². The van der Waals surface area contributed by atoms with E-state index >= 15 is 0 Å². The van der Waals surface area contributed by atoms with Crippen LogP contribution in [0.3, 0.4) is 0 Å². The van der Waals surface area contributed by atoms with Gasteiger partial charge in [-0.05, 0) is 28.3 Å². The van der Waals surface area contributed by atoms with Gasteiger partial charge in [-0.1, -0.05) is 92.0 Å². The van der Waals surface area contributed by atoms with Crippen LogP contribution < -0.4 is 0 Å². The number of benzene rings is 3. The molecule has 0 saturated carbocycles. The molecule has 3 rings (SSSR count). The Morgan fingerprint density at radius 2 is 0.773 bits per heavy atom. The molecule has 0 bridgehead atoms. The smallest absolute Gasteiger partial charge is 0.349 e. The van der Waals surface area contributed by atoms with Gasteiger partial charge in [0.25, 0.3) is 11.2 Å². The highest BCUT2D eigenvalue weighted by atomic mass is 19.4. The molecule has 0 aliphatic heterocycles. The molecule has 0 saturated heterocycles. The van der Waals surface area contributed by atoms with Crippen LogP contribution in [0.1, 0.15) is 33.4 Å². The van der Waals surface area contributed by atoms with Crippen LogP contribution in [0.4, 0.5) is 52.7 Å². The number of ether oxygens (including phenoxy) is 2. The zero-order chi connectivity index (χ0) is 33.2. The molecular weight excluding hydrogens is 620 g/mol. The fourth-order valence-corrected chi connectivity index (χ4v) is 4.31. The standard InChI is InChI=1S/C30H22F12O2/c1-3-19-8-12-21(13-9-19)17-43-25(27(31,32)33,28(34,35)36)23-6-5-7-24(16-23)26(29(37,38)39,30(40,41)42)44-18-22-14-10-20(4-2)11-15-22/h3-16H,1-2,17-18H2. The molecular formula is C30H22F12O2. The fraction of sp³-hybridized carbons (Fsp3) is 0.267.